The molecule has 3 rings (SSSR count). The van der Waals surface area contributed by atoms with Gasteiger partial charge in [-0.15, -0.1) is 0 Å². The first kappa shape index (κ1) is 16.2. The summed E-state index contributed by atoms with van der Waals surface area (Å²) in [5.74, 6) is 1.01. The van der Waals surface area contributed by atoms with E-state index in [2.05, 4.69) is 31.6 Å². The average molecular weight is 325 g/mol. The monoisotopic (exact) mass is 325 g/mol. The molecule has 1 saturated heterocycles. The van der Waals surface area contributed by atoms with Crippen LogP contribution < -0.4 is 15.5 Å². The molecule has 24 heavy (non-hydrogen) atoms. The zero-order valence-electron chi connectivity index (χ0n) is 13.7. The second kappa shape index (κ2) is 8.29. The first-order valence-corrected chi connectivity index (χ1v) is 8.42. The summed E-state index contributed by atoms with van der Waals surface area (Å²) >= 11 is 0. The van der Waals surface area contributed by atoms with Crippen molar-refractivity contribution >= 4 is 11.8 Å². The highest BCUT2D eigenvalue weighted by Gasteiger charge is 2.12. The number of carbonyl (C=O) groups excluding carboxylic acids is 1. The van der Waals surface area contributed by atoms with Crippen LogP contribution in [0.15, 0.2) is 42.9 Å². The maximum atomic E-state index is 11.9. The van der Waals surface area contributed by atoms with E-state index in [1.807, 2.05) is 24.4 Å². The van der Waals surface area contributed by atoms with E-state index in [0.717, 1.165) is 30.0 Å². The second-order valence-corrected chi connectivity index (χ2v) is 5.96. The number of piperidine rings is 1. The van der Waals surface area contributed by atoms with Crippen LogP contribution in [0.25, 0.3) is 0 Å². The third-order valence-electron chi connectivity index (χ3n) is 4.15. The summed E-state index contributed by atoms with van der Waals surface area (Å²) in [5.41, 5.74) is 2.08. The van der Waals surface area contributed by atoms with E-state index in [0.29, 0.717) is 13.1 Å². The van der Waals surface area contributed by atoms with Gasteiger partial charge >= 0.3 is 6.03 Å². The van der Waals surface area contributed by atoms with Gasteiger partial charge in [-0.3, -0.25) is 4.98 Å². The summed E-state index contributed by atoms with van der Waals surface area (Å²) in [5, 5.41) is 5.73. The van der Waals surface area contributed by atoms with E-state index in [1.54, 1.807) is 12.4 Å². The standard InChI is InChI=1S/C18H23N5O/c24-18(21-13-15-4-7-19-8-5-15)22-14-16-6-9-20-17(12-16)23-10-2-1-3-11-23/h4-9,12H,1-3,10-11,13-14H2,(H2,21,22,24). The minimum Gasteiger partial charge on any atom is -0.357 e. The molecule has 6 heteroatoms. The SMILES string of the molecule is O=C(NCc1ccncc1)NCc1ccnc(N2CCCCC2)c1. The number of pyridine rings is 2. The van der Waals surface area contributed by atoms with E-state index >= 15 is 0 Å². The number of anilines is 1. The van der Waals surface area contributed by atoms with Crippen molar-refractivity contribution in [3.8, 4) is 0 Å². The van der Waals surface area contributed by atoms with E-state index in [1.165, 1.54) is 19.3 Å². The van der Waals surface area contributed by atoms with Crippen molar-refractivity contribution in [2.45, 2.75) is 32.4 Å². The third-order valence-corrected chi connectivity index (χ3v) is 4.15. The molecular formula is C18H23N5O. The molecule has 2 aromatic rings. The Hall–Kier alpha value is -2.63. The summed E-state index contributed by atoms with van der Waals surface area (Å²) < 4.78 is 0. The van der Waals surface area contributed by atoms with Crippen LogP contribution >= 0.6 is 0 Å². The fraction of sp³-hybridized carbons (Fsp3) is 0.389. The number of carbonyl (C=O) groups is 1. The first-order valence-electron chi connectivity index (χ1n) is 8.42. The molecule has 126 valence electrons. The fourth-order valence-corrected chi connectivity index (χ4v) is 2.79. The van der Waals surface area contributed by atoms with Gasteiger partial charge in [0, 0.05) is 44.8 Å². The average Bonchev–Trinajstić information content (AvgIpc) is 2.66. The molecule has 2 amide bonds. The Morgan fingerprint density at radius 3 is 2.38 bits per heavy atom. The van der Waals surface area contributed by atoms with Crippen molar-refractivity contribution in [1.82, 2.24) is 20.6 Å². The van der Waals surface area contributed by atoms with Crippen LogP contribution in [0.3, 0.4) is 0 Å². The molecule has 0 aliphatic carbocycles. The first-order chi connectivity index (χ1) is 11.8. The van der Waals surface area contributed by atoms with Crippen molar-refractivity contribution in [3.05, 3.63) is 54.0 Å². The van der Waals surface area contributed by atoms with Gasteiger partial charge in [0.2, 0.25) is 0 Å². The van der Waals surface area contributed by atoms with Gasteiger partial charge in [0.15, 0.2) is 0 Å². The number of nitrogens with one attached hydrogen (secondary N) is 2. The molecule has 0 atom stereocenters. The van der Waals surface area contributed by atoms with Crippen molar-refractivity contribution in [3.63, 3.8) is 0 Å². The van der Waals surface area contributed by atoms with Gasteiger partial charge in [-0.25, -0.2) is 9.78 Å². The lowest BCUT2D eigenvalue weighted by Gasteiger charge is -2.27. The summed E-state index contributed by atoms with van der Waals surface area (Å²) in [6.07, 6.45) is 9.00. The Morgan fingerprint density at radius 2 is 1.62 bits per heavy atom. The van der Waals surface area contributed by atoms with Crippen molar-refractivity contribution in [2.75, 3.05) is 18.0 Å². The summed E-state index contributed by atoms with van der Waals surface area (Å²) in [7, 11) is 0. The fourth-order valence-electron chi connectivity index (χ4n) is 2.79. The molecule has 1 fully saturated rings. The molecule has 2 aromatic heterocycles. The number of aromatic nitrogens is 2. The lowest BCUT2D eigenvalue weighted by atomic mass is 10.1. The number of amides is 2. The number of nitrogens with zero attached hydrogens (tertiary/aromatic N) is 3. The maximum absolute atomic E-state index is 11.9. The van der Waals surface area contributed by atoms with E-state index in [-0.39, 0.29) is 6.03 Å². The highest BCUT2D eigenvalue weighted by Crippen LogP contribution is 2.18. The summed E-state index contributed by atoms with van der Waals surface area (Å²) in [6.45, 7) is 3.11. The van der Waals surface area contributed by atoms with Gasteiger partial charge in [0.25, 0.3) is 0 Å². The summed E-state index contributed by atoms with van der Waals surface area (Å²) in [6, 6.07) is 7.59. The smallest absolute Gasteiger partial charge is 0.315 e. The molecule has 0 aromatic carbocycles. The topological polar surface area (TPSA) is 70.1 Å². The number of hydrogen-bond donors (Lipinski definition) is 2. The zero-order chi connectivity index (χ0) is 16.6. The second-order valence-electron chi connectivity index (χ2n) is 5.96. The van der Waals surface area contributed by atoms with Crippen LogP contribution in [0.1, 0.15) is 30.4 Å². The molecule has 1 aliphatic heterocycles. The predicted molar refractivity (Wildman–Crippen MR) is 93.6 cm³/mol. The molecule has 0 spiro atoms. The molecular weight excluding hydrogens is 302 g/mol. The van der Waals surface area contributed by atoms with Crippen molar-refractivity contribution in [1.29, 1.82) is 0 Å². The largest absolute Gasteiger partial charge is 0.357 e. The van der Waals surface area contributed by atoms with Gasteiger partial charge in [-0.05, 0) is 54.7 Å². The predicted octanol–water partition coefficient (Wildman–Crippen LogP) is 2.47. The Labute approximate surface area is 142 Å². The van der Waals surface area contributed by atoms with E-state index in [4.69, 9.17) is 0 Å². The highest BCUT2D eigenvalue weighted by atomic mass is 16.2. The Kier molecular flexibility index (Phi) is 5.61. The molecule has 0 radical (unpaired) electrons. The van der Waals surface area contributed by atoms with Crippen LogP contribution in [0.4, 0.5) is 10.6 Å². The maximum Gasteiger partial charge on any atom is 0.315 e. The van der Waals surface area contributed by atoms with Gasteiger partial charge in [-0.1, -0.05) is 0 Å². The van der Waals surface area contributed by atoms with Crippen LogP contribution in [-0.2, 0) is 13.1 Å². The van der Waals surface area contributed by atoms with Gasteiger partial charge in [0.1, 0.15) is 5.82 Å². The van der Waals surface area contributed by atoms with Gasteiger partial charge < -0.3 is 15.5 Å². The Bertz CT molecular complexity index is 655. The highest BCUT2D eigenvalue weighted by molar-refractivity contribution is 5.73. The molecule has 3 heterocycles. The normalized spacial score (nSPS) is 14.2. The van der Waals surface area contributed by atoms with Crippen molar-refractivity contribution in [2.24, 2.45) is 0 Å². The summed E-state index contributed by atoms with van der Waals surface area (Å²) in [4.78, 5) is 22.6. The van der Waals surface area contributed by atoms with Crippen LogP contribution in [0.2, 0.25) is 0 Å². The number of urea groups is 1. The van der Waals surface area contributed by atoms with Crippen LogP contribution in [0, 0.1) is 0 Å². The Morgan fingerprint density at radius 1 is 0.958 bits per heavy atom. The Balaban J connectivity index is 1.48. The quantitative estimate of drug-likeness (QED) is 0.886. The van der Waals surface area contributed by atoms with Crippen LogP contribution in [-0.4, -0.2) is 29.1 Å². The minimum absolute atomic E-state index is 0.178. The van der Waals surface area contributed by atoms with Crippen LogP contribution in [0.5, 0.6) is 0 Å². The van der Waals surface area contributed by atoms with E-state index < -0.39 is 0 Å². The van der Waals surface area contributed by atoms with Gasteiger partial charge in [0.05, 0.1) is 0 Å². The molecule has 2 N–H and O–H groups in total. The molecule has 0 unspecified atom stereocenters. The molecule has 0 saturated carbocycles. The van der Waals surface area contributed by atoms with Crippen molar-refractivity contribution < 1.29 is 4.79 Å². The minimum atomic E-state index is -0.178. The molecule has 0 bridgehead atoms. The van der Waals surface area contributed by atoms with E-state index in [9.17, 15) is 4.79 Å². The van der Waals surface area contributed by atoms with Gasteiger partial charge in [-0.2, -0.15) is 0 Å². The third kappa shape index (κ3) is 4.68. The zero-order valence-corrected chi connectivity index (χ0v) is 13.7. The molecule has 6 nitrogen and oxygen atoms in total. The molecule has 1 aliphatic rings. The lowest BCUT2D eigenvalue weighted by molar-refractivity contribution is 0.240. The number of rotatable bonds is 5. The number of hydrogen-bond acceptors (Lipinski definition) is 4. The lowest BCUT2D eigenvalue weighted by Crippen LogP contribution is -2.34.